The third kappa shape index (κ3) is 8.08. The number of amides is 2. The molecule has 1 aromatic carbocycles. The van der Waals surface area contributed by atoms with Gasteiger partial charge in [0.15, 0.2) is 0 Å². The van der Waals surface area contributed by atoms with Gasteiger partial charge in [0.05, 0.1) is 26.7 Å². The van der Waals surface area contributed by atoms with Gasteiger partial charge in [-0.2, -0.15) is 0 Å². The van der Waals surface area contributed by atoms with Gasteiger partial charge >= 0.3 is 18.0 Å². The molecule has 10 nitrogen and oxygen atoms in total. The van der Waals surface area contributed by atoms with E-state index in [2.05, 4.69) is 20.1 Å². The van der Waals surface area contributed by atoms with Crippen molar-refractivity contribution in [3.05, 3.63) is 35.9 Å². The van der Waals surface area contributed by atoms with Crippen LogP contribution in [0.15, 0.2) is 30.3 Å². The number of aliphatic hydroxyl groups is 1. The monoisotopic (exact) mass is 424 g/mol. The lowest BCUT2D eigenvalue weighted by molar-refractivity contribution is -0.149. The Labute approximate surface area is 174 Å². The maximum atomic E-state index is 12.6. The number of rotatable bonds is 10. The number of carbonyl (C=O) groups excluding carboxylic acids is 4. The second kappa shape index (κ2) is 12.4. The summed E-state index contributed by atoms with van der Waals surface area (Å²) in [4.78, 5) is 48.2. The number of esters is 2. The zero-order valence-corrected chi connectivity index (χ0v) is 17.4. The molecule has 0 radical (unpaired) electrons. The van der Waals surface area contributed by atoms with E-state index < -0.39 is 48.0 Å². The van der Waals surface area contributed by atoms with Crippen LogP contribution in [0.4, 0.5) is 4.79 Å². The molecule has 1 aromatic rings. The van der Waals surface area contributed by atoms with Crippen LogP contribution >= 0.6 is 0 Å². The molecule has 0 saturated heterocycles. The molecule has 0 aliphatic carbocycles. The Morgan fingerprint density at radius 1 is 0.967 bits per heavy atom. The Morgan fingerprint density at radius 3 is 2.13 bits per heavy atom. The Kier molecular flexibility index (Phi) is 10.3. The molecule has 0 spiro atoms. The predicted molar refractivity (Wildman–Crippen MR) is 105 cm³/mol. The van der Waals surface area contributed by atoms with Gasteiger partial charge in [0, 0.05) is 0 Å². The zero-order chi connectivity index (χ0) is 22.7. The van der Waals surface area contributed by atoms with Crippen LogP contribution in [0.5, 0.6) is 0 Å². The molecule has 4 atom stereocenters. The molecule has 0 heterocycles. The van der Waals surface area contributed by atoms with E-state index in [9.17, 15) is 24.3 Å². The minimum atomic E-state index is -1.40. The number of hydrogen-bond acceptors (Lipinski definition) is 8. The van der Waals surface area contributed by atoms with Crippen molar-refractivity contribution in [2.45, 2.75) is 45.1 Å². The van der Waals surface area contributed by atoms with Crippen molar-refractivity contribution < 1.29 is 38.5 Å². The van der Waals surface area contributed by atoms with Gasteiger partial charge in [0.1, 0.15) is 18.7 Å². The Hall–Kier alpha value is -3.14. The predicted octanol–water partition coefficient (Wildman–Crippen LogP) is 0.519. The number of carbonyl (C=O) groups is 4. The van der Waals surface area contributed by atoms with Gasteiger partial charge in [0.2, 0.25) is 5.91 Å². The minimum absolute atomic E-state index is 0.0260. The first-order valence-corrected chi connectivity index (χ1v) is 9.29. The third-order valence-corrected chi connectivity index (χ3v) is 4.29. The molecule has 0 aromatic heterocycles. The van der Waals surface area contributed by atoms with E-state index in [4.69, 9.17) is 4.74 Å². The van der Waals surface area contributed by atoms with Gasteiger partial charge in [-0.25, -0.2) is 9.59 Å². The molecular formula is C20H28N2O8. The standard InChI is InChI=1S/C20H28N2O8/c1-12(10-15(24)28-3)16(19(26)29-4)21-18(25)17(13(2)23)22-20(27)30-11-14-8-6-5-7-9-14/h5-9,12-13,16-17,23H,10-11H2,1-4H3,(H,21,25)(H,22,27)/t12-,13-,16+,17+/m1/s1. The van der Waals surface area contributed by atoms with Crippen molar-refractivity contribution in [3.63, 3.8) is 0 Å². The average molecular weight is 424 g/mol. The van der Waals surface area contributed by atoms with E-state index in [0.717, 1.165) is 12.7 Å². The van der Waals surface area contributed by atoms with Crippen molar-refractivity contribution in [1.82, 2.24) is 10.6 Å². The molecule has 0 aliphatic rings. The first-order valence-electron chi connectivity index (χ1n) is 9.29. The van der Waals surface area contributed by atoms with Crippen LogP contribution in [0.3, 0.4) is 0 Å². The lowest BCUT2D eigenvalue weighted by atomic mass is 9.97. The first kappa shape index (κ1) is 24.9. The summed E-state index contributed by atoms with van der Waals surface area (Å²) in [5, 5.41) is 14.6. The summed E-state index contributed by atoms with van der Waals surface area (Å²) >= 11 is 0. The summed E-state index contributed by atoms with van der Waals surface area (Å²) in [6.07, 6.45) is -2.36. The molecule has 0 saturated carbocycles. The van der Waals surface area contributed by atoms with Gasteiger partial charge in [-0.3, -0.25) is 9.59 Å². The Balaban J connectivity index is 2.78. The zero-order valence-electron chi connectivity index (χ0n) is 17.4. The molecule has 10 heteroatoms. The smallest absolute Gasteiger partial charge is 0.408 e. The number of aliphatic hydroxyl groups excluding tert-OH is 1. The van der Waals surface area contributed by atoms with Crippen molar-refractivity contribution in [1.29, 1.82) is 0 Å². The Bertz CT molecular complexity index is 723. The van der Waals surface area contributed by atoms with Crippen LogP contribution in [-0.4, -0.2) is 61.5 Å². The van der Waals surface area contributed by atoms with Gasteiger partial charge in [-0.05, 0) is 18.4 Å². The van der Waals surface area contributed by atoms with Crippen molar-refractivity contribution in [3.8, 4) is 0 Å². The SMILES string of the molecule is COC(=O)C[C@@H](C)[C@H](NC(=O)[C@@H](NC(=O)OCc1ccccc1)[C@@H](C)O)C(=O)OC. The minimum Gasteiger partial charge on any atom is -0.469 e. The molecule has 0 fully saturated rings. The lowest BCUT2D eigenvalue weighted by Gasteiger charge is -2.26. The van der Waals surface area contributed by atoms with Gasteiger partial charge in [0.25, 0.3) is 0 Å². The molecular weight excluding hydrogens is 396 g/mol. The summed E-state index contributed by atoms with van der Waals surface area (Å²) in [6, 6.07) is 6.31. The molecule has 2 amide bonds. The van der Waals surface area contributed by atoms with E-state index in [-0.39, 0.29) is 13.0 Å². The summed E-state index contributed by atoms with van der Waals surface area (Å²) in [7, 11) is 2.34. The number of hydrogen-bond donors (Lipinski definition) is 3. The van der Waals surface area contributed by atoms with Gasteiger partial charge < -0.3 is 30.0 Å². The van der Waals surface area contributed by atoms with Gasteiger partial charge in [-0.15, -0.1) is 0 Å². The van der Waals surface area contributed by atoms with Crippen molar-refractivity contribution in [2.75, 3.05) is 14.2 Å². The third-order valence-electron chi connectivity index (χ3n) is 4.29. The fourth-order valence-corrected chi connectivity index (χ4v) is 2.56. The van der Waals surface area contributed by atoms with Crippen LogP contribution in [0.25, 0.3) is 0 Å². The summed E-state index contributed by atoms with van der Waals surface area (Å²) in [6.45, 7) is 2.83. The van der Waals surface area contributed by atoms with E-state index in [1.807, 2.05) is 6.07 Å². The van der Waals surface area contributed by atoms with Crippen LogP contribution in [0.1, 0.15) is 25.8 Å². The molecule has 0 aliphatic heterocycles. The van der Waals surface area contributed by atoms with Crippen LogP contribution in [-0.2, 0) is 35.2 Å². The topological polar surface area (TPSA) is 140 Å². The summed E-state index contributed by atoms with van der Waals surface area (Å²) in [5.41, 5.74) is 0.744. The number of benzene rings is 1. The fourth-order valence-electron chi connectivity index (χ4n) is 2.56. The molecule has 3 N–H and O–H groups in total. The maximum Gasteiger partial charge on any atom is 0.408 e. The van der Waals surface area contributed by atoms with Crippen LogP contribution in [0.2, 0.25) is 0 Å². The largest absolute Gasteiger partial charge is 0.469 e. The molecule has 0 unspecified atom stereocenters. The molecule has 166 valence electrons. The molecule has 1 rings (SSSR count). The highest BCUT2D eigenvalue weighted by Gasteiger charge is 2.34. The van der Waals surface area contributed by atoms with E-state index in [1.54, 1.807) is 31.2 Å². The number of alkyl carbamates (subject to hydrolysis) is 1. The highest BCUT2D eigenvalue weighted by atomic mass is 16.5. The quantitative estimate of drug-likeness (QED) is 0.365. The second-order valence-electron chi connectivity index (χ2n) is 6.69. The van der Waals surface area contributed by atoms with E-state index >= 15 is 0 Å². The number of ether oxygens (including phenoxy) is 3. The van der Waals surface area contributed by atoms with E-state index in [0.29, 0.717) is 0 Å². The summed E-state index contributed by atoms with van der Waals surface area (Å²) < 4.78 is 14.3. The Morgan fingerprint density at radius 2 is 1.60 bits per heavy atom. The normalized spacial score (nSPS) is 14.4. The number of nitrogens with one attached hydrogen (secondary N) is 2. The lowest BCUT2D eigenvalue weighted by Crippen LogP contribution is -2.57. The highest BCUT2D eigenvalue weighted by molar-refractivity contribution is 5.90. The molecule has 30 heavy (non-hydrogen) atoms. The van der Waals surface area contributed by atoms with Crippen LogP contribution in [0, 0.1) is 5.92 Å². The number of methoxy groups -OCH3 is 2. The second-order valence-corrected chi connectivity index (χ2v) is 6.69. The molecule has 0 bridgehead atoms. The van der Waals surface area contributed by atoms with Crippen LogP contribution < -0.4 is 10.6 Å². The van der Waals surface area contributed by atoms with Crippen molar-refractivity contribution in [2.24, 2.45) is 5.92 Å². The van der Waals surface area contributed by atoms with E-state index in [1.165, 1.54) is 14.0 Å². The highest BCUT2D eigenvalue weighted by Crippen LogP contribution is 2.12. The first-order chi connectivity index (χ1) is 14.2. The fraction of sp³-hybridized carbons (Fsp3) is 0.500. The van der Waals surface area contributed by atoms with Gasteiger partial charge in [-0.1, -0.05) is 37.3 Å². The average Bonchev–Trinajstić information content (AvgIpc) is 2.73. The maximum absolute atomic E-state index is 12.6. The summed E-state index contributed by atoms with van der Waals surface area (Å²) in [5.74, 6) is -2.85. The van der Waals surface area contributed by atoms with Crippen molar-refractivity contribution >= 4 is 23.9 Å².